The van der Waals surface area contributed by atoms with Crippen LogP contribution in [0.1, 0.15) is 15.9 Å². The summed E-state index contributed by atoms with van der Waals surface area (Å²) in [6, 6.07) is 12.8. The van der Waals surface area contributed by atoms with Crippen LogP contribution in [0.5, 0.6) is 11.5 Å². The van der Waals surface area contributed by atoms with Gasteiger partial charge in [0.25, 0.3) is 5.91 Å². The van der Waals surface area contributed by atoms with Crippen LogP contribution in [0.15, 0.2) is 42.5 Å². The van der Waals surface area contributed by atoms with Crippen LogP contribution < -0.4 is 14.8 Å². The number of nitrogens with one attached hydrogen (secondary N) is 1. The monoisotopic (exact) mass is 317 g/mol. The molecule has 0 saturated heterocycles. The highest BCUT2D eigenvalue weighted by Crippen LogP contribution is 2.27. The number of fused-ring (bicyclic) bond motifs is 1. The number of carbonyl (C=O) groups is 1. The Morgan fingerprint density at radius 3 is 2.95 bits per heavy atom. The Kier molecular flexibility index (Phi) is 4.20. The van der Waals surface area contributed by atoms with E-state index in [0.29, 0.717) is 22.9 Å². The Balaban J connectivity index is 1.61. The fourth-order valence-electron chi connectivity index (χ4n) is 2.49. The summed E-state index contributed by atoms with van der Waals surface area (Å²) < 4.78 is 10.9. The first-order valence-corrected chi connectivity index (χ1v) is 7.41. The first-order valence-electron chi connectivity index (χ1n) is 7.03. The van der Waals surface area contributed by atoms with E-state index in [1.807, 2.05) is 24.3 Å². The number of hydrogen-bond acceptors (Lipinski definition) is 3. The van der Waals surface area contributed by atoms with E-state index in [9.17, 15) is 4.79 Å². The zero-order valence-corrected chi connectivity index (χ0v) is 12.9. The minimum Gasteiger partial charge on any atom is -0.497 e. The van der Waals surface area contributed by atoms with Gasteiger partial charge >= 0.3 is 0 Å². The van der Waals surface area contributed by atoms with Crippen LogP contribution in [-0.4, -0.2) is 25.7 Å². The number of halogens is 1. The maximum Gasteiger partial charge on any atom is 0.251 e. The molecule has 1 aliphatic rings. The molecule has 114 valence electrons. The van der Waals surface area contributed by atoms with Crippen molar-refractivity contribution in [3.8, 4) is 11.5 Å². The summed E-state index contributed by atoms with van der Waals surface area (Å²) in [7, 11) is 1.54. The van der Waals surface area contributed by atoms with E-state index in [-0.39, 0.29) is 12.0 Å². The lowest BCUT2D eigenvalue weighted by atomic mass is 10.1. The molecule has 3 rings (SSSR count). The van der Waals surface area contributed by atoms with Crippen LogP contribution in [-0.2, 0) is 6.42 Å². The number of ether oxygens (including phenoxy) is 2. The third-order valence-electron chi connectivity index (χ3n) is 3.57. The standard InChI is InChI=1S/C17H16ClNO3/c1-21-14-8-12(6-13(18)9-14)17(20)19-10-15-7-11-4-2-3-5-16(11)22-15/h2-6,8-9,15H,7,10H2,1H3,(H,19,20). The van der Waals surface area contributed by atoms with Gasteiger partial charge in [-0.1, -0.05) is 29.8 Å². The molecular weight excluding hydrogens is 302 g/mol. The second-order valence-corrected chi connectivity index (χ2v) is 5.58. The Bertz CT molecular complexity index is 677. The molecule has 0 fully saturated rings. The van der Waals surface area contributed by atoms with Crippen molar-refractivity contribution in [2.45, 2.75) is 12.5 Å². The van der Waals surface area contributed by atoms with E-state index in [0.717, 1.165) is 12.2 Å². The molecule has 1 heterocycles. The Hall–Kier alpha value is -2.20. The van der Waals surface area contributed by atoms with Crippen molar-refractivity contribution in [1.82, 2.24) is 5.32 Å². The van der Waals surface area contributed by atoms with Crippen molar-refractivity contribution in [3.05, 3.63) is 58.6 Å². The quantitative estimate of drug-likeness (QED) is 0.942. The van der Waals surface area contributed by atoms with Crippen LogP contribution in [0.25, 0.3) is 0 Å². The molecule has 22 heavy (non-hydrogen) atoms. The minimum atomic E-state index is -0.194. The van der Waals surface area contributed by atoms with E-state index >= 15 is 0 Å². The number of hydrogen-bond donors (Lipinski definition) is 1. The molecule has 0 radical (unpaired) electrons. The third-order valence-corrected chi connectivity index (χ3v) is 3.79. The fraction of sp³-hybridized carbons (Fsp3) is 0.235. The van der Waals surface area contributed by atoms with E-state index in [1.54, 1.807) is 18.2 Å². The number of benzene rings is 2. The van der Waals surface area contributed by atoms with Gasteiger partial charge in [-0.25, -0.2) is 0 Å². The second kappa shape index (κ2) is 6.28. The van der Waals surface area contributed by atoms with Crippen molar-refractivity contribution in [1.29, 1.82) is 0 Å². The highest BCUT2D eigenvalue weighted by molar-refractivity contribution is 6.31. The van der Waals surface area contributed by atoms with Gasteiger partial charge in [-0.05, 0) is 29.8 Å². The van der Waals surface area contributed by atoms with Gasteiger partial charge in [0, 0.05) is 17.0 Å². The normalized spacial score (nSPS) is 15.8. The third kappa shape index (κ3) is 3.17. The number of amides is 1. The first kappa shape index (κ1) is 14.7. The number of rotatable bonds is 4. The van der Waals surface area contributed by atoms with Gasteiger partial charge in [0.2, 0.25) is 0 Å². The molecule has 2 aromatic rings. The van der Waals surface area contributed by atoms with Crippen LogP contribution in [0.3, 0.4) is 0 Å². The van der Waals surface area contributed by atoms with Crippen LogP contribution in [0, 0.1) is 0 Å². The van der Waals surface area contributed by atoms with E-state index in [4.69, 9.17) is 21.1 Å². The largest absolute Gasteiger partial charge is 0.497 e. The Labute approximate surface area is 134 Å². The second-order valence-electron chi connectivity index (χ2n) is 5.14. The minimum absolute atomic E-state index is 0.0394. The molecule has 1 unspecified atom stereocenters. The molecule has 0 bridgehead atoms. The molecular formula is C17H16ClNO3. The van der Waals surface area contributed by atoms with Gasteiger partial charge in [-0.3, -0.25) is 4.79 Å². The molecule has 5 heteroatoms. The Morgan fingerprint density at radius 1 is 1.36 bits per heavy atom. The van der Waals surface area contributed by atoms with Crippen LogP contribution in [0.2, 0.25) is 5.02 Å². The molecule has 0 spiro atoms. The number of methoxy groups -OCH3 is 1. The summed E-state index contributed by atoms with van der Waals surface area (Å²) in [4.78, 5) is 12.2. The molecule has 1 atom stereocenters. The molecule has 1 amide bonds. The highest BCUT2D eigenvalue weighted by Gasteiger charge is 2.22. The summed E-state index contributed by atoms with van der Waals surface area (Å²) in [5, 5.41) is 3.34. The van der Waals surface area contributed by atoms with E-state index in [2.05, 4.69) is 5.32 Å². The molecule has 1 N–H and O–H groups in total. The molecule has 2 aromatic carbocycles. The highest BCUT2D eigenvalue weighted by atomic mass is 35.5. The first-order chi connectivity index (χ1) is 10.7. The van der Waals surface area contributed by atoms with Crippen LogP contribution >= 0.6 is 11.6 Å². The van der Waals surface area contributed by atoms with Crippen molar-refractivity contribution < 1.29 is 14.3 Å². The van der Waals surface area contributed by atoms with Gasteiger partial charge in [-0.15, -0.1) is 0 Å². The van der Waals surface area contributed by atoms with Gasteiger partial charge < -0.3 is 14.8 Å². The van der Waals surface area contributed by atoms with E-state index < -0.39 is 0 Å². The van der Waals surface area contributed by atoms with Gasteiger partial charge in [0.1, 0.15) is 17.6 Å². The Morgan fingerprint density at radius 2 is 2.18 bits per heavy atom. The van der Waals surface area contributed by atoms with Crippen molar-refractivity contribution in [3.63, 3.8) is 0 Å². The maximum atomic E-state index is 12.2. The number of para-hydroxylation sites is 1. The predicted octanol–water partition coefficient (Wildman–Crippen LogP) is 3.08. The SMILES string of the molecule is COc1cc(Cl)cc(C(=O)NCC2Cc3ccccc3O2)c1. The summed E-state index contributed by atoms with van der Waals surface area (Å²) >= 11 is 5.98. The summed E-state index contributed by atoms with van der Waals surface area (Å²) in [6.45, 7) is 0.447. The maximum absolute atomic E-state index is 12.2. The van der Waals surface area contributed by atoms with Gasteiger partial charge in [0.15, 0.2) is 0 Å². The fourth-order valence-corrected chi connectivity index (χ4v) is 2.71. The molecule has 0 aliphatic carbocycles. The molecule has 0 saturated carbocycles. The van der Waals surface area contributed by atoms with Crippen molar-refractivity contribution in [2.75, 3.05) is 13.7 Å². The predicted molar refractivity (Wildman–Crippen MR) is 84.9 cm³/mol. The zero-order valence-electron chi connectivity index (χ0n) is 12.1. The van der Waals surface area contributed by atoms with Crippen LogP contribution in [0.4, 0.5) is 0 Å². The van der Waals surface area contributed by atoms with Crippen molar-refractivity contribution in [2.24, 2.45) is 0 Å². The molecule has 4 nitrogen and oxygen atoms in total. The summed E-state index contributed by atoms with van der Waals surface area (Å²) in [5.41, 5.74) is 1.64. The van der Waals surface area contributed by atoms with E-state index in [1.165, 1.54) is 12.7 Å². The molecule has 0 aromatic heterocycles. The smallest absolute Gasteiger partial charge is 0.251 e. The van der Waals surface area contributed by atoms with Crippen molar-refractivity contribution >= 4 is 17.5 Å². The average Bonchev–Trinajstić information content (AvgIpc) is 2.94. The topological polar surface area (TPSA) is 47.6 Å². The van der Waals surface area contributed by atoms with Gasteiger partial charge in [0.05, 0.1) is 13.7 Å². The average molecular weight is 318 g/mol. The van der Waals surface area contributed by atoms with Gasteiger partial charge in [-0.2, -0.15) is 0 Å². The number of carbonyl (C=O) groups excluding carboxylic acids is 1. The lowest BCUT2D eigenvalue weighted by Gasteiger charge is -2.12. The summed E-state index contributed by atoms with van der Waals surface area (Å²) in [6.07, 6.45) is 0.761. The zero-order chi connectivity index (χ0) is 15.5. The summed E-state index contributed by atoms with van der Waals surface area (Å²) in [5.74, 6) is 1.26. The molecule has 1 aliphatic heterocycles. The lowest BCUT2D eigenvalue weighted by Crippen LogP contribution is -2.34. The lowest BCUT2D eigenvalue weighted by molar-refractivity contribution is 0.0933.